The standard InChI is InChI=1S/C15H20N4/c1-11-13-4-2-3-5-14(13)15(19-18-11)17-9-7-12-6-8-16-10-12/h2-5,12,16H,6-10H2,1H3,(H,17,19). The maximum absolute atomic E-state index is 4.29. The first-order valence-corrected chi connectivity index (χ1v) is 7.01. The van der Waals surface area contributed by atoms with E-state index < -0.39 is 0 Å². The lowest BCUT2D eigenvalue weighted by Crippen LogP contribution is -2.13. The first kappa shape index (κ1) is 12.4. The molecule has 1 aliphatic heterocycles. The summed E-state index contributed by atoms with van der Waals surface area (Å²) in [6, 6.07) is 8.31. The smallest absolute Gasteiger partial charge is 0.156 e. The molecular weight excluding hydrogens is 236 g/mol. The van der Waals surface area contributed by atoms with Crippen LogP contribution in [0.15, 0.2) is 24.3 Å². The minimum absolute atomic E-state index is 0.803. The molecule has 1 aromatic carbocycles. The molecule has 1 atom stereocenters. The van der Waals surface area contributed by atoms with Gasteiger partial charge in [0.1, 0.15) is 0 Å². The van der Waals surface area contributed by atoms with E-state index in [9.17, 15) is 0 Å². The Kier molecular flexibility index (Phi) is 3.60. The van der Waals surface area contributed by atoms with Crippen molar-refractivity contribution >= 4 is 16.6 Å². The normalized spacial score (nSPS) is 18.9. The number of fused-ring (bicyclic) bond motifs is 1. The van der Waals surface area contributed by atoms with Crippen molar-refractivity contribution in [2.24, 2.45) is 5.92 Å². The summed E-state index contributed by atoms with van der Waals surface area (Å²) in [5, 5.41) is 17.7. The molecule has 0 spiro atoms. The average Bonchev–Trinajstić information content (AvgIpc) is 2.95. The Morgan fingerprint density at radius 2 is 2.11 bits per heavy atom. The van der Waals surface area contributed by atoms with Gasteiger partial charge in [0.05, 0.1) is 5.69 Å². The molecule has 0 saturated carbocycles. The van der Waals surface area contributed by atoms with Crippen molar-refractivity contribution in [3.63, 3.8) is 0 Å². The topological polar surface area (TPSA) is 49.8 Å². The van der Waals surface area contributed by atoms with Crippen LogP contribution in [-0.4, -0.2) is 29.8 Å². The van der Waals surface area contributed by atoms with Crippen LogP contribution in [-0.2, 0) is 0 Å². The third-order valence-electron chi connectivity index (χ3n) is 3.88. The van der Waals surface area contributed by atoms with Crippen LogP contribution in [0.25, 0.3) is 10.8 Å². The molecule has 1 saturated heterocycles. The van der Waals surface area contributed by atoms with Crippen molar-refractivity contribution in [2.45, 2.75) is 19.8 Å². The summed E-state index contributed by atoms with van der Waals surface area (Å²) in [6.45, 7) is 5.29. The van der Waals surface area contributed by atoms with E-state index >= 15 is 0 Å². The molecule has 4 heteroatoms. The van der Waals surface area contributed by atoms with Gasteiger partial charge < -0.3 is 10.6 Å². The molecule has 2 N–H and O–H groups in total. The van der Waals surface area contributed by atoms with Crippen LogP contribution in [0.1, 0.15) is 18.5 Å². The van der Waals surface area contributed by atoms with Crippen molar-refractivity contribution in [1.29, 1.82) is 0 Å². The van der Waals surface area contributed by atoms with Gasteiger partial charge in [-0.1, -0.05) is 24.3 Å². The first-order valence-electron chi connectivity index (χ1n) is 7.01. The summed E-state index contributed by atoms with van der Waals surface area (Å²) in [7, 11) is 0. The Balaban J connectivity index is 1.72. The summed E-state index contributed by atoms with van der Waals surface area (Å²) in [4.78, 5) is 0. The summed E-state index contributed by atoms with van der Waals surface area (Å²) < 4.78 is 0. The van der Waals surface area contributed by atoms with Crippen LogP contribution in [0, 0.1) is 12.8 Å². The molecule has 0 aliphatic carbocycles. The number of nitrogens with zero attached hydrogens (tertiary/aromatic N) is 2. The van der Waals surface area contributed by atoms with Gasteiger partial charge in [-0.15, -0.1) is 5.10 Å². The fraction of sp³-hybridized carbons (Fsp3) is 0.467. The summed E-state index contributed by atoms with van der Waals surface area (Å²) in [5.74, 6) is 1.71. The van der Waals surface area contributed by atoms with Gasteiger partial charge in [-0.05, 0) is 38.8 Å². The highest BCUT2D eigenvalue weighted by molar-refractivity contribution is 5.92. The van der Waals surface area contributed by atoms with Gasteiger partial charge in [-0.25, -0.2) is 0 Å². The van der Waals surface area contributed by atoms with E-state index in [1.54, 1.807) is 0 Å². The van der Waals surface area contributed by atoms with Crippen molar-refractivity contribution in [1.82, 2.24) is 15.5 Å². The molecule has 2 heterocycles. The van der Waals surface area contributed by atoms with Crippen LogP contribution >= 0.6 is 0 Å². The van der Waals surface area contributed by atoms with Crippen LogP contribution < -0.4 is 10.6 Å². The van der Waals surface area contributed by atoms with Gasteiger partial charge in [-0.3, -0.25) is 0 Å². The molecule has 1 fully saturated rings. The molecule has 100 valence electrons. The van der Waals surface area contributed by atoms with Crippen LogP contribution in [0.3, 0.4) is 0 Å². The van der Waals surface area contributed by atoms with Gasteiger partial charge in [-0.2, -0.15) is 5.10 Å². The van der Waals surface area contributed by atoms with E-state index in [2.05, 4.69) is 39.0 Å². The maximum atomic E-state index is 4.29. The predicted octanol–water partition coefficient (Wildman–Crippen LogP) is 2.35. The fourth-order valence-electron chi connectivity index (χ4n) is 2.72. The Hall–Kier alpha value is -1.68. The van der Waals surface area contributed by atoms with Crippen LogP contribution in [0.4, 0.5) is 5.82 Å². The van der Waals surface area contributed by atoms with Crippen molar-refractivity contribution in [3.05, 3.63) is 30.0 Å². The van der Waals surface area contributed by atoms with E-state index in [1.807, 2.05) is 13.0 Å². The highest BCUT2D eigenvalue weighted by Gasteiger charge is 2.14. The second-order valence-corrected chi connectivity index (χ2v) is 5.25. The maximum Gasteiger partial charge on any atom is 0.156 e. The zero-order valence-corrected chi connectivity index (χ0v) is 11.3. The molecule has 19 heavy (non-hydrogen) atoms. The van der Waals surface area contributed by atoms with E-state index in [0.717, 1.165) is 37.1 Å². The van der Waals surface area contributed by atoms with Gasteiger partial charge in [0.25, 0.3) is 0 Å². The number of aryl methyl sites for hydroxylation is 1. The zero-order chi connectivity index (χ0) is 13.1. The lowest BCUT2D eigenvalue weighted by Gasteiger charge is -2.11. The monoisotopic (exact) mass is 256 g/mol. The van der Waals surface area contributed by atoms with Gasteiger partial charge >= 0.3 is 0 Å². The van der Waals surface area contributed by atoms with E-state index in [4.69, 9.17) is 0 Å². The largest absolute Gasteiger partial charge is 0.368 e. The molecule has 1 aromatic heterocycles. The van der Waals surface area contributed by atoms with Crippen molar-refractivity contribution < 1.29 is 0 Å². The number of benzene rings is 1. The number of hydrogen-bond donors (Lipinski definition) is 2. The highest BCUT2D eigenvalue weighted by atomic mass is 15.2. The van der Waals surface area contributed by atoms with Crippen molar-refractivity contribution in [2.75, 3.05) is 25.0 Å². The zero-order valence-electron chi connectivity index (χ0n) is 11.3. The molecule has 3 rings (SSSR count). The molecule has 0 amide bonds. The average molecular weight is 256 g/mol. The van der Waals surface area contributed by atoms with Gasteiger partial charge in [0.2, 0.25) is 0 Å². The van der Waals surface area contributed by atoms with E-state index in [1.165, 1.54) is 23.6 Å². The van der Waals surface area contributed by atoms with E-state index in [0.29, 0.717) is 0 Å². The third kappa shape index (κ3) is 2.68. The predicted molar refractivity (Wildman–Crippen MR) is 78.4 cm³/mol. The number of hydrogen-bond acceptors (Lipinski definition) is 4. The Labute approximate surface area is 113 Å². The Bertz CT molecular complexity index is 561. The quantitative estimate of drug-likeness (QED) is 0.881. The van der Waals surface area contributed by atoms with Gasteiger partial charge in [0.15, 0.2) is 5.82 Å². The van der Waals surface area contributed by atoms with Crippen LogP contribution in [0.5, 0.6) is 0 Å². The molecule has 0 radical (unpaired) electrons. The fourth-order valence-corrected chi connectivity index (χ4v) is 2.72. The third-order valence-corrected chi connectivity index (χ3v) is 3.88. The first-order chi connectivity index (χ1) is 9.34. The number of rotatable bonds is 4. The minimum Gasteiger partial charge on any atom is -0.368 e. The summed E-state index contributed by atoms with van der Waals surface area (Å²) >= 11 is 0. The Morgan fingerprint density at radius 3 is 2.89 bits per heavy atom. The highest BCUT2D eigenvalue weighted by Crippen LogP contribution is 2.22. The lowest BCUT2D eigenvalue weighted by molar-refractivity contribution is 0.549. The lowest BCUT2D eigenvalue weighted by atomic mass is 10.1. The van der Waals surface area contributed by atoms with E-state index in [-0.39, 0.29) is 0 Å². The summed E-state index contributed by atoms with van der Waals surface area (Å²) in [6.07, 6.45) is 2.49. The molecule has 0 bridgehead atoms. The molecule has 2 aromatic rings. The Morgan fingerprint density at radius 1 is 1.26 bits per heavy atom. The minimum atomic E-state index is 0.803. The summed E-state index contributed by atoms with van der Waals surface area (Å²) in [5.41, 5.74) is 0.987. The second-order valence-electron chi connectivity index (χ2n) is 5.25. The van der Waals surface area contributed by atoms with Crippen LogP contribution in [0.2, 0.25) is 0 Å². The van der Waals surface area contributed by atoms with Gasteiger partial charge in [0, 0.05) is 17.3 Å². The molecule has 1 unspecified atom stereocenters. The second kappa shape index (κ2) is 5.53. The molecular formula is C15H20N4. The SMILES string of the molecule is Cc1nnc(NCCC2CCNC2)c2ccccc12. The number of anilines is 1. The van der Waals surface area contributed by atoms with Crippen molar-refractivity contribution in [3.8, 4) is 0 Å². The number of aromatic nitrogens is 2. The molecule has 4 nitrogen and oxygen atoms in total. The number of nitrogens with one attached hydrogen (secondary N) is 2. The molecule has 1 aliphatic rings.